The van der Waals surface area contributed by atoms with Gasteiger partial charge in [-0.15, -0.1) is 10.2 Å². The lowest BCUT2D eigenvalue weighted by Gasteiger charge is -2.00. The molecule has 3 heteroatoms. The fraction of sp³-hybridized carbons (Fsp3) is 0.200. The molecule has 1 heterocycles. The maximum atomic E-state index is 4.03. The summed E-state index contributed by atoms with van der Waals surface area (Å²) in [6.45, 7) is 4.22. The molecule has 0 aliphatic carbocycles. The Morgan fingerprint density at radius 2 is 2.00 bits per heavy atom. The van der Waals surface area contributed by atoms with Crippen LogP contribution < -0.4 is 0 Å². The summed E-state index contributed by atoms with van der Waals surface area (Å²) in [6, 6.07) is 6.35. The van der Waals surface area contributed by atoms with Gasteiger partial charge in [0.1, 0.15) is 10.5 Å². The van der Waals surface area contributed by atoms with Crippen LogP contribution in [-0.4, -0.2) is 10.2 Å². The largest absolute Gasteiger partial charge is 0.147 e. The predicted octanol–water partition coefficient (Wildman–Crippen LogP) is 2.82. The molecule has 2 rings (SSSR count). The van der Waals surface area contributed by atoms with Crippen LogP contribution in [0.2, 0.25) is 0 Å². The molecule has 0 aliphatic heterocycles. The van der Waals surface area contributed by atoms with Crippen molar-refractivity contribution in [2.24, 2.45) is 0 Å². The Balaban J connectivity index is 2.49. The molecule has 0 radical (unpaired) electrons. The van der Waals surface area contributed by atoms with Gasteiger partial charge in [0.2, 0.25) is 0 Å². The Kier molecular flexibility index (Phi) is 2.10. The second kappa shape index (κ2) is 3.26. The van der Waals surface area contributed by atoms with E-state index in [-0.39, 0.29) is 0 Å². The molecule has 0 atom stereocenters. The molecule has 0 N–H and O–H groups in total. The second-order valence-corrected chi connectivity index (χ2v) is 3.88. The van der Waals surface area contributed by atoms with Gasteiger partial charge in [-0.05, 0) is 31.0 Å². The summed E-state index contributed by atoms with van der Waals surface area (Å²) in [4.78, 5) is 0. The number of nitrogens with zero attached hydrogens (tertiary/aromatic N) is 2. The van der Waals surface area contributed by atoms with Crippen molar-refractivity contribution in [2.45, 2.75) is 13.8 Å². The SMILES string of the molecule is Cc1ccc(-c2nncs2)cc1C. The zero-order valence-electron chi connectivity index (χ0n) is 7.61. The average molecular weight is 190 g/mol. The van der Waals surface area contributed by atoms with Crippen molar-refractivity contribution in [1.82, 2.24) is 10.2 Å². The Labute approximate surface area is 81.3 Å². The lowest BCUT2D eigenvalue weighted by molar-refractivity contribution is 1.09. The van der Waals surface area contributed by atoms with Gasteiger partial charge in [-0.1, -0.05) is 23.5 Å². The molecule has 2 aromatic rings. The quantitative estimate of drug-likeness (QED) is 0.691. The maximum Gasteiger partial charge on any atom is 0.147 e. The molecule has 13 heavy (non-hydrogen) atoms. The van der Waals surface area contributed by atoms with E-state index in [4.69, 9.17) is 0 Å². The molecule has 0 aliphatic rings. The minimum Gasteiger partial charge on any atom is -0.147 e. The number of hydrogen-bond donors (Lipinski definition) is 0. The van der Waals surface area contributed by atoms with E-state index in [1.807, 2.05) is 0 Å². The lowest BCUT2D eigenvalue weighted by Crippen LogP contribution is -1.82. The minimum atomic E-state index is 0.989. The van der Waals surface area contributed by atoms with Gasteiger partial charge < -0.3 is 0 Å². The monoisotopic (exact) mass is 190 g/mol. The van der Waals surface area contributed by atoms with Gasteiger partial charge in [0.15, 0.2) is 0 Å². The number of rotatable bonds is 1. The Morgan fingerprint density at radius 3 is 2.62 bits per heavy atom. The highest BCUT2D eigenvalue weighted by atomic mass is 32.1. The smallest absolute Gasteiger partial charge is 0.147 e. The Morgan fingerprint density at radius 1 is 1.15 bits per heavy atom. The normalized spacial score (nSPS) is 10.3. The summed E-state index contributed by atoms with van der Waals surface area (Å²) in [5.74, 6) is 0. The predicted molar refractivity (Wildman–Crippen MR) is 54.8 cm³/mol. The summed E-state index contributed by atoms with van der Waals surface area (Å²) in [6.07, 6.45) is 0. The molecule has 0 unspecified atom stereocenters. The molecule has 0 spiro atoms. The Bertz CT molecular complexity index is 407. The first kappa shape index (κ1) is 8.38. The zero-order chi connectivity index (χ0) is 9.26. The second-order valence-electron chi connectivity index (χ2n) is 3.04. The first-order valence-electron chi connectivity index (χ1n) is 4.11. The molecule has 1 aromatic carbocycles. The molecule has 0 bridgehead atoms. The summed E-state index contributed by atoms with van der Waals surface area (Å²) >= 11 is 1.57. The summed E-state index contributed by atoms with van der Waals surface area (Å²) in [7, 11) is 0. The molecular formula is C10H10N2S. The fourth-order valence-electron chi connectivity index (χ4n) is 1.17. The maximum absolute atomic E-state index is 4.03. The van der Waals surface area contributed by atoms with Crippen molar-refractivity contribution in [1.29, 1.82) is 0 Å². The molecule has 2 nitrogen and oxygen atoms in total. The molecule has 66 valence electrons. The van der Waals surface area contributed by atoms with Crippen LogP contribution in [-0.2, 0) is 0 Å². The standard InChI is InChI=1S/C10H10N2S/c1-7-3-4-9(5-8(7)2)10-12-11-6-13-10/h3-6H,1-2H3. The van der Waals surface area contributed by atoms with E-state index >= 15 is 0 Å². The van der Waals surface area contributed by atoms with Crippen molar-refractivity contribution >= 4 is 11.3 Å². The van der Waals surface area contributed by atoms with Crippen molar-refractivity contribution in [3.05, 3.63) is 34.8 Å². The van der Waals surface area contributed by atoms with E-state index in [1.54, 1.807) is 16.8 Å². The van der Waals surface area contributed by atoms with Crippen LogP contribution in [0.5, 0.6) is 0 Å². The minimum absolute atomic E-state index is 0.989. The highest BCUT2D eigenvalue weighted by Gasteiger charge is 2.01. The van der Waals surface area contributed by atoms with E-state index in [9.17, 15) is 0 Å². The first-order valence-corrected chi connectivity index (χ1v) is 4.99. The van der Waals surface area contributed by atoms with Gasteiger partial charge in [0.05, 0.1) is 0 Å². The van der Waals surface area contributed by atoms with Crippen LogP contribution in [0.15, 0.2) is 23.7 Å². The highest BCUT2D eigenvalue weighted by Crippen LogP contribution is 2.22. The third kappa shape index (κ3) is 1.60. The third-order valence-electron chi connectivity index (χ3n) is 2.11. The van der Waals surface area contributed by atoms with Crippen molar-refractivity contribution in [3.63, 3.8) is 0 Å². The molecule has 0 saturated carbocycles. The van der Waals surface area contributed by atoms with Crippen LogP contribution >= 0.6 is 11.3 Å². The molecule has 0 fully saturated rings. The van der Waals surface area contributed by atoms with E-state index < -0.39 is 0 Å². The summed E-state index contributed by atoms with van der Waals surface area (Å²) in [5, 5.41) is 8.83. The van der Waals surface area contributed by atoms with E-state index in [1.165, 1.54) is 11.1 Å². The van der Waals surface area contributed by atoms with Crippen molar-refractivity contribution in [2.75, 3.05) is 0 Å². The third-order valence-corrected chi connectivity index (χ3v) is 2.85. The number of hydrogen-bond acceptors (Lipinski definition) is 3. The van der Waals surface area contributed by atoms with E-state index in [0.29, 0.717) is 0 Å². The molecule has 1 aromatic heterocycles. The topological polar surface area (TPSA) is 25.8 Å². The van der Waals surface area contributed by atoms with Crippen LogP contribution in [0.4, 0.5) is 0 Å². The van der Waals surface area contributed by atoms with Gasteiger partial charge >= 0.3 is 0 Å². The van der Waals surface area contributed by atoms with Crippen LogP contribution in [0, 0.1) is 13.8 Å². The van der Waals surface area contributed by atoms with Crippen molar-refractivity contribution in [3.8, 4) is 10.6 Å². The van der Waals surface area contributed by atoms with Gasteiger partial charge in [-0.2, -0.15) is 0 Å². The van der Waals surface area contributed by atoms with Gasteiger partial charge in [0, 0.05) is 5.56 Å². The molecule has 0 saturated heterocycles. The van der Waals surface area contributed by atoms with Crippen LogP contribution in [0.1, 0.15) is 11.1 Å². The fourth-order valence-corrected chi connectivity index (χ4v) is 1.72. The van der Waals surface area contributed by atoms with Gasteiger partial charge in [-0.3, -0.25) is 0 Å². The van der Waals surface area contributed by atoms with E-state index in [2.05, 4.69) is 42.2 Å². The summed E-state index contributed by atoms with van der Waals surface area (Å²) in [5.41, 5.74) is 5.52. The lowest BCUT2D eigenvalue weighted by atomic mass is 10.1. The number of aryl methyl sites for hydroxylation is 2. The molecule has 0 amide bonds. The van der Waals surface area contributed by atoms with Gasteiger partial charge in [0.25, 0.3) is 0 Å². The van der Waals surface area contributed by atoms with Gasteiger partial charge in [-0.25, -0.2) is 0 Å². The number of benzene rings is 1. The van der Waals surface area contributed by atoms with Crippen molar-refractivity contribution < 1.29 is 0 Å². The van der Waals surface area contributed by atoms with E-state index in [0.717, 1.165) is 10.6 Å². The average Bonchev–Trinajstić information content (AvgIpc) is 2.62. The Hall–Kier alpha value is -1.22. The summed E-state index contributed by atoms with van der Waals surface area (Å²) < 4.78 is 0. The molecular weight excluding hydrogens is 180 g/mol. The highest BCUT2D eigenvalue weighted by molar-refractivity contribution is 7.12. The van der Waals surface area contributed by atoms with Crippen LogP contribution in [0.25, 0.3) is 10.6 Å². The zero-order valence-corrected chi connectivity index (χ0v) is 8.43. The first-order chi connectivity index (χ1) is 6.27. The van der Waals surface area contributed by atoms with Crippen LogP contribution in [0.3, 0.4) is 0 Å². The number of aromatic nitrogens is 2.